The number of benzene rings is 2. The minimum Gasteiger partial charge on any atom is -0.480 e. The van der Waals surface area contributed by atoms with Gasteiger partial charge in [-0.2, -0.15) is 0 Å². The lowest BCUT2D eigenvalue weighted by Crippen LogP contribution is -2.55. The fraction of sp³-hybridized carbons (Fsp3) is 0.543. The molecule has 0 saturated carbocycles. The molecule has 0 bridgehead atoms. The van der Waals surface area contributed by atoms with Gasteiger partial charge in [-0.15, -0.1) is 0 Å². The van der Waals surface area contributed by atoms with Gasteiger partial charge in [-0.25, -0.2) is 4.79 Å². The van der Waals surface area contributed by atoms with Crippen LogP contribution in [0.25, 0.3) is 0 Å². The minimum absolute atomic E-state index is 0.0160. The van der Waals surface area contributed by atoms with E-state index in [1.165, 1.54) is 0 Å². The molecular formula is C35H44Cl2N6O5. The van der Waals surface area contributed by atoms with E-state index in [0.717, 1.165) is 55.8 Å². The van der Waals surface area contributed by atoms with Gasteiger partial charge in [-0.3, -0.25) is 24.2 Å². The van der Waals surface area contributed by atoms with Crippen molar-refractivity contribution in [1.82, 2.24) is 24.5 Å². The van der Waals surface area contributed by atoms with E-state index in [-0.39, 0.29) is 36.9 Å². The third-order valence-corrected chi connectivity index (χ3v) is 11.2. The number of hydrogen-bond acceptors (Lipinski definition) is 6. The van der Waals surface area contributed by atoms with Crippen molar-refractivity contribution in [3.63, 3.8) is 0 Å². The van der Waals surface area contributed by atoms with Crippen LogP contribution in [0, 0.1) is 5.92 Å². The molecular weight excluding hydrogens is 655 g/mol. The number of rotatable bonds is 9. The van der Waals surface area contributed by atoms with Crippen molar-refractivity contribution in [2.45, 2.75) is 57.2 Å². The molecule has 48 heavy (non-hydrogen) atoms. The van der Waals surface area contributed by atoms with Crippen LogP contribution >= 0.6 is 23.2 Å². The first-order chi connectivity index (χ1) is 23.1. The van der Waals surface area contributed by atoms with Gasteiger partial charge in [0.25, 0.3) is 0 Å². The maximum atomic E-state index is 14.1. The molecule has 4 aliphatic rings. The number of hydrogen-bond donors (Lipinski definition) is 2. The lowest BCUT2D eigenvalue weighted by molar-refractivity contribution is -0.143. The second-order valence-corrected chi connectivity index (χ2v) is 14.3. The van der Waals surface area contributed by atoms with Crippen LogP contribution in [0.3, 0.4) is 0 Å². The topological polar surface area (TPSA) is 117 Å². The predicted molar refractivity (Wildman–Crippen MR) is 184 cm³/mol. The van der Waals surface area contributed by atoms with Gasteiger partial charge in [-0.1, -0.05) is 47.5 Å². The highest BCUT2D eigenvalue weighted by molar-refractivity contribution is 6.42. The van der Waals surface area contributed by atoms with E-state index in [1.807, 2.05) is 49.9 Å². The Balaban J connectivity index is 1.05. The summed E-state index contributed by atoms with van der Waals surface area (Å²) in [5.41, 5.74) is 2.80. The second-order valence-electron chi connectivity index (χ2n) is 13.4. The number of amides is 4. The van der Waals surface area contributed by atoms with Gasteiger partial charge in [0.15, 0.2) is 0 Å². The Bertz CT molecular complexity index is 1500. The van der Waals surface area contributed by atoms with Crippen LogP contribution in [-0.2, 0) is 27.3 Å². The van der Waals surface area contributed by atoms with Gasteiger partial charge in [-0.05, 0) is 61.4 Å². The number of carbonyl (C=O) groups is 4. The molecule has 2 aromatic carbocycles. The Kier molecular flexibility index (Phi) is 11.1. The van der Waals surface area contributed by atoms with Gasteiger partial charge in [0.1, 0.15) is 0 Å². The van der Waals surface area contributed by atoms with E-state index in [0.29, 0.717) is 68.1 Å². The number of urea groups is 1. The van der Waals surface area contributed by atoms with Gasteiger partial charge in [0, 0.05) is 83.1 Å². The van der Waals surface area contributed by atoms with Crippen LogP contribution in [0.15, 0.2) is 42.5 Å². The van der Waals surface area contributed by atoms with Crippen molar-refractivity contribution in [1.29, 1.82) is 0 Å². The van der Waals surface area contributed by atoms with Crippen LogP contribution in [-0.4, -0.2) is 124 Å². The van der Waals surface area contributed by atoms with E-state index in [4.69, 9.17) is 28.3 Å². The van der Waals surface area contributed by atoms with Gasteiger partial charge in [0.05, 0.1) is 22.5 Å². The summed E-state index contributed by atoms with van der Waals surface area (Å²) in [5.74, 6) is -1.40. The summed E-state index contributed by atoms with van der Waals surface area (Å²) in [4.78, 5) is 61.8. The molecule has 258 valence electrons. The summed E-state index contributed by atoms with van der Waals surface area (Å²) in [6.07, 6.45) is 3.56. The van der Waals surface area contributed by atoms with Crippen molar-refractivity contribution < 1.29 is 24.3 Å². The fourth-order valence-electron chi connectivity index (χ4n) is 7.67. The molecule has 2 aromatic rings. The number of para-hydroxylation sites is 1. The van der Waals surface area contributed by atoms with Crippen molar-refractivity contribution in [2.24, 2.45) is 5.92 Å². The van der Waals surface area contributed by atoms with E-state index >= 15 is 0 Å². The first-order valence-corrected chi connectivity index (χ1v) is 17.7. The summed E-state index contributed by atoms with van der Waals surface area (Å²) >= 11 is 12.5. The maximum Gasteiger partial charge on any atom is 0.322 e. The molecule has 11 nitrogen and oxygen atoms in total. The predicted octanol–water partition coefficient (Wildman–Crippen LogP) is 4.27. The largest absolute Gasteiger partial charge is 0.480 e. The highest BCUT2D eigenvalue weighted by Crippen LogP contribution is 2.30. The zero-order chi connectivity index (χ0) is 33.8. The van der Waals surface area contributed by atoms with E-state index in [9.17, 15) is 19.2 Å². The molecule has 0 aromatic heterocycles. The van der Waals surface area contributed by atoms with Crippen LogP contribution < -0.4 is 5.32 Å². The lowest BCUT2D eigenvalue weighted by atomic mass is 9.92. The van der Waals surface area contributed by atoms with Crippen LogP contribution in [0.4, 0.5) is 10.5 Å². The summed E-state index contributed by atoms with van der Waals surface area (Å²) in [5, 5.41) is 13.0. The quantitative estimate of drug-likeness (QED) is 0.402. The van der Waals surface area contributed by atoms with Gasteiger partial charge >= 0.3 is 12.0 Å². The molecule has 3 fully saturated rings. The Morgan fingerprint density at radius 2 is 1.50 bits per heavy atom. The van der Waals surface area contributed by atoms with E-state index in [1.54, 1.807) is 12.1 Å². The zero-order valence-corrected chi connectivity index (χ0v) is 28.7. The second kappa shape index (κ2) is 15.4. The Morgan fingerprint density at radius 3 is 2.19 bits per heavy atom. The first kappa shape index (κ1) is 34.5. The average Bonchev–Trinajstić information content (AvgIpc) is 3.09. The van der Waals surface area contributed by atoms with Crippen molar-refractivity contribution in [3.8, 4) is 0 Å². The lowest BCUT2D eigenvalue weighted by Gasteiger charge is -2.43. The Labute approximate surface area is 291 Å². The Morgan fingerprint density at radius 1 is 0.833 bits per heavy atom. The summed E-state index contributed by atoms with van der Waals surface area (Å²) in [6, 6.07) is 13.5. The van der Waals surface area contributed by atoms with Crippen molar-refractivity contribution >= 4 is 52.7 Å². The SMILES string of the molecule is O=C(O)CN1CCN(C2CCN(C(=O)[C@@H](CC(=O)N3CCC(N4Cc5ccccc5NC4=O)CC3)Cc3ccc(Cl)c(Cl)c3)CC2)CC1. The molecule has 4 heterocycles. The number of carboxylic acid groups (broad SMARTS) is 1. The number of nitrogens with zero attached hydrogens (tertiary/aromatic N) is 5. The van der Waals surface area contributed by atoms with Crippen LogP contribution in [0.1, 0.15) is 43.2 Å². The number of aliphatic carboxylic acids is 1. The first-order valence-electron chi connectivity index (χ1n) is 17.0. The smallest absolute Gasteiger partial charge is 0.322 e. The molecule has 0 radical (unpaired) electrons. The van der Waals surface area contributed by atoms with Crippen LogP contribution in [0.2, 0.25) is 10.0 Å². The molecule has 0 unspecified atom stereocenters. The highest BCUT2D eigenvalue weighted by Gasteiger charge is 2.36. The molecule has 1 atom stereocenters. The summed E-state index contributed by atoms with van der Waals surface area (Å²) < 4.78 is 0. The monoisotopic (exact) mass is 698 g/mol. The normalized spacial score (nSPS) is 20.7. The number of piperazine rings is 1. The summed E-state index contributed by atoms with van der Waals surface area (Å²) in [6.45, 7) is 6.06. The third kappa shape index (κ3) is 8.25. The van der Waals surface area contributed by atoms with Gasteiger partial charge < -0.3 is 25.1 Å². The molecule has 0 spiro atoms. The van der Waals surface area contributed by atoms with E-state index < -0.39 is 11.9 Å². The number of halogens is 2. The molecule has 13 heteroatoms. The van der Waals surface area contributed by atoms with Crippen molar-refractivity contribution in [2.75, 3.05) is 64.2 Å². The minimum atomic E-state index is -0.799. The van der Waals surface area contributed by atoms with Crippen molar-refractivity contribution in [3.05, 3.63) is 63.6 Å². The van der Waals surface area contributed by atoms with Gasteiger partial charge in [0.2, 0.25) is 11.8 Å². The van der Waals surface area contributed by atoms with Crippen LogP contribution in [0.5, 0.6) is 0 Å². The number of carboxylic acids is 1. The molecule has 4 amide bonds. The molecule has 3 saturated heterocycles. The molecule has 0 aliphatic carbocycles. The average molecular weight is 700 g/mol. The molecule has 2 N–H and O–H groups in total. The maximum absolute atomic E-state index is 14.1. The Hall–Kier alpha value is -3.38. The number of piperidine rings is 2. The number of carbonyl (C=O) groups excluding carboxylic acids is 3. The standard InChI is InChI=1S/C35H44Cl2N6O5/c36-29-6-5-24(20-30(29)37)19-26(34(47)42-13-7-27(8-14-42)40-17-15-39(16-18-40)23-33(45)46)21-32(44)41-11-9-28(10-12-41)43-22-25-3-1-2-4-31(25)38-35(43)48/h1-6,20,26-28H,7-19,21-23H2,(H,38,48)(H,45,46)/t26-/m1/s1. The highest BCUT2D eigenvalue weighted by atomic mass is 35.5. The fourth-order valence-corrected chi connectivity index (χ4v) is 7.99. The number of fused-ring (bicyclic) bond motifs is 1. The zero-order valence-electron chi connectivity index (χ0n) is 27.2. The summed E-state index contributed by atoms with van der Waals surface area (Å²) in [7, 11) is 0. The molecule has 6 rings (SSSR count). The number of nitrogens with one attached hydrogen (secondary N) is 1. The number of anilines is 1. The third-order valence-electron chi connectivity index (χ3n) is 10.4. The number of likely N-dealkylation sites (tertiary alicyclic amines) is 2. The van der Waals surface area contributed by atoms with E-state index in [2.05, 4.69) is 10.2 Å². The molecule has 4 aliphatic heterocycles.